The molecule has 2 heterocycles. The van der Waals surface area contributed by atoms with Crippen LogP contribution in [-0.4, -0.2) is 10.1 Å². The highest BCUT2D eigenvalue weighted by molar-refractivity contribution is 6.31. The van der Waals surface area contributed by atoms with Crippen molar-refractivity contribution in [1.82, 2.24) is 4.98 Å². The molecule has 0 amide bonds. The van der Waals surface area contributed by atoms with Gasteiger partial charge in [0, 0.05) is 22.2 Å². The summed E-state index contributed by atoms with van der Waals surface area (Å²) in [4.78, 5) is 3.94. The molecule has 1 unspecified atom stereocenters. The first kappa shape index (κ1) is 12.5. The van der Waals surface area contributed by atoms with Crippen LogP contribution in [0.25, 0.3) is 11.0 Å². The summed E-state index contributed by atoms with van der Waals surface area (Å²) in [5.41, 5.74) is 1.30. The van der Waals surface area contributed by atoms with Crippen molar-refractivity contribution in [2.45, 2.75) is 6.10 Å². The van der Waals surface area contributed by atoms with Crippen molar-refractivity contribution in [3.8, 4) is 0 Å². The van der Waals surface area contributed by atoms with Crippen molar-refractivity contribution in [3.63, 3.8) is 0 Å². The molecule has 5 heteroatoms. The van der Waals surface area contributed by atoms with E-state index in [4.69, 9.17) is 27.6 Å². The first-order valence-corrected chi connectivity index (χ1v) is 6.37. The van der Waals surface area contributed by atoms with Gasteiger partial charge in [-0.1, -0.05) is 29.3 Å². The lowest BCUT2D eigenvalue weighted by Crippen LogP contribution is -1.98. The van der Waals surface area contributed by atoms with E-state index in [2.05, 4.69) is 4.98 Å². The van der Waals surface area contributed by atoms with Crippen LogP contribution in [0.4, 0.5) is 0 Å². The fourth-order valence-electron chi connectivity index (χ4n) is 1.88. The Kier molecular flexibility index (Phi) is 3.19. The molecule has 2 aromatic heterocycles. The van der Waals surface area contributed by atoms with E-state index in [-0.39, 0.29) is 0 Å². The van der Waals surface area contributed by atoms with Crippen molar-refractivity contribution in [1.29, 1.82) is 0 Å². The molecule has 3 aromatic rings. The normalized spacial score (nSPS) is 12.8. The van der Waals surface area contributed by atoms with Crippen molar-refractivity contribution in [2.75, 3.05) is 0 Å². The second-order valence-electron chi connectivity index (χ2n) is 4.15. The molecule has 3 nitrogen and oxygen atoms in total. The van der Waals surface area contributed by atoms with Gasteiger partial charge in [0.15, 0.2) is 0 Å². The number of fused-ring (bicyclic) bond motifs is 1. The highest BCUT2D eigenvalue weighted by Gasteiger charge is 2.16. The van der Waals surface area contributed by atoms with E-state index in [0.717, 1.165) is 5.39 Å². The number of aliphatic hydroxyl groups is 1. The fourth-order valence-corrected chi connectivity index (χ4v) is 2.18. The summed E-state index contributed by atoms with van der Waals surface area (Å²) in [5, 5.41) is 12.1. The van der Waals surface area contributed by atoms with Crippen LogP contribution in [0.2, 0.25) is 10.2 Å². The Morgan fingerprint density at radius 2 is 1.95 bits per heavy atom. The van der Waals surface area contributed by atoms with Crippen LogP contribution in [-0.2, 0) is 0 Å². The number of benzene rings is 1. The van der Waals surface area contributed by atoms with Crippen molar-refractivity contribution in [2.24, 2.45) is 0 Å². The lowest BCUT2D eigenvalue weighted by molar-refractivity contribution is 0.192. The van der Waals surface area contributed by atoms with E-state index in [0.29, 0.717) is 27.1 Å². The third-order valence-electron chi connectivity index (χ3n) is 2.83. The van der Waals surface area contributed by atoms with Crippen LogP contribution in [0, 0.1) is 0 Å². The molecule has 96 valence electrons. The Morgan fingerprint density at radius 1 is 1.11 bits per heavy atom. The Morgan fingerprint density at radius 3 is 2.68 bits per heavy atom. The molecule has 0 aliphatic carbocycles. The van der Waals surface area contributed by atoms with E-state index in [9.17, 15) is 5.11 Å². The summed E-state index contributed by atoms with van der Waals surface area (Å²) in [6.07, 6.45) is 0.642. The number of nitrogens with zero attached hydrogens (tertiary/aromatic N) is 1. The maximum Gasteiger partial charge on any atom is 0.138 e. The molecule has 0 aliphatic heterocycles. The summed E-state index contributed by atoms with van der Waals surface area (Å²) >= 11 is 11.6. The predicted molar refractivity (Wildman–Crippen MR) is 74.5 cm³/mol. The average molecular weight is 294 g/mol. The maximum atomic E-state index is 10.2. The Labute approximate surface area is 119 Å². The monoisotopic (exact) mass is 293 g/mol. The summed E-state index contributed by atoms with van der Waals surface area (Å²) in [6, 6.07) is 10.4. The van der Waals surface area contributed by atoms with Gasteiger partial charge in [-0.3, -0.25) is 0 Å². The third-order valence-corrected chi connectivity index (χ3v) is 3.29. The van der Waals surface area contributed by atoms with E-state index in [1.54, 1.807) is 36.4 Å². The van der Waals surface area contributed by atoms with Crippen LogP contribution in [0.1, 0.15) is 17.4 Å². The molecule has 1 atom stereocenters. The van der Waals surface area contributed by atoms with Crippen molar-refractivity contribution >= 4 is 34.2 Å². The van der Waals surface area contributed by atoms with Gasteiger partial charge in [0.1, 0.15) is 22.6 Å². The van der Waals surface area contributed by atoms with Gasteiger partial charge in [0.05, 0.1) is 0 Å². The molecule has 0 radical (unpaired) electrons. The molecular weight excluding hydrogens is 285 g/mol. The van der Waals surface area contributed by atoms with E-state index >= 15 is 0 Å². The number of hydrogen-bond donors (Lipinski definition) is 1. The van der Waals surface area contributed by atoms with Crippen molar-refractivity contribution < 1.29 is 9.52 Å². The Bertz CT molecular complexity index is 722. The second kappa shape index (κ2) is 4.85. The van der Waals surface area contributed by atoms with E-state index in [1.165, 1.54) is 6.20 Å². The zero-order chi connectivity index (χ0) is 13.4. The second-order valence-corrected chi connectivity index (χ2v) is 4.97. The summed E-state index contributed by atoms with van der Waals surface area (Å²) in [6.45, 7) is 0. The molecule has 3 rings (SSSR count). The van der Waals surface area contributed by atoms with Crippen LogP contribution < -0.4 is 0 Å². The number of aromatic nitrogens is 1. The molecule has 0 fully saturated rings. The van der Waals surface area contributed by atoms with Gasteiger partial charge < -0.3 is 9.52 Å². The van der Waals surface area contributed by atoms with Crippen LogP contribution in [0.3, 0.4) is 0 Å². The van der Waals surface area contributed by atoms with Gasteiger partial charge in [0.2, 0.25) is 0 Å². The van der Waals surface area contributed by atoms with E-state index < -0.39 is 6.10 Å². The minimum Gasteiger partial charge on any atom is -0.458 e. The van der Waals surface area contributed by atoms with Gasteiger partial charge in [-0.25, -0.2) is 4.98 Å². The third kappa shape index (κ3) is 2.45. The molecule has 0 aliphatic rings. The highest BCUT2D eigenvalue weighted by atomic mass is 35.5. The van der Waals surface area contributed by atoms with Gasteiger partial charge in [-0.15, -0.1) is 0 Å². The highest BCUT2D eigenvalue weighted by Crippen LogP contribution is 2.29. The number of pyridine rings is 1. The summed E-state index contributed by atoms with van der Waals surface area (Å²) < 4.78 is 5.60. The molecule has 0 saturated carbocycles. The van der Waals surface area contributed by atoms with E-state index in [1.807, 2.05) is 0 Å². The zero-order valence-electron chi connectivity index (χ0n) is 9.68. The topological polar surface area (TPSA) is 46.3 Å². The van der Waals surface area contributed by atoms with Crippen LogP contribution >= 0.6 is 23.2 Å². The lowest BCUT2D eigenvalue weighted by Gasteiger charge is -2.06. The zero-order valence-corrected chi connectivity index (χ0v) is 11.2. The first-order valence-electron chi connectivity index (χ1n) is 5.62. The molecule has 1 aromatic carbocycles. The molecular formula is C14H9Cl2NO2. The molecule has 0 saturated heterocycles. The number of hydrogen-bond acceptors (Lipinski definition) is 3. The summed E-state index contributed by atoms with van der Waals surface area (Å²) in [7, 11) is 0. The Balaban J connectivity index is 2.01. The fraction of sp³-hybridized carbons (Fsp3) is 0.0714. The SMILES string of the molecule is OC(c1ccc(Cl)nc1)c1cc2cc(Cl)ccc2o1. The number of aliphatic hydroxyl groups excluding tert-OH is 1. The smallest absolute Gasteiger partial charge is 0.138 e. The molecule has 0 bridgehead atoms. The lowest BCUT2D eigenvalue weighted by atomic mass is 10.1. The Hall–Kier alpha value is -1.55. The van der Waals surface area contributed by atoms with Gasteiger partial charge in [-0.2, -0.15) is 0 Å². The molecule has 0 spiro atoms. The maximum absolute atomic E-state index is 10.2. The van der Waals surface area contributed by atoms with Crippen LogP contribution in [0.5, 0.6) is 0 Å². The summed E-state index contributed by atoms with van der Waals surface area (Å²) in [5.74, 6) is 0.446. The average Bonchev–Trinajstić information content (AvgIpc) is 2.81. The molecule has 19 heavy (non-hydrogen) atoms. The molecule has 1 N–H and O–H groups in total. The number of furan rings is 1. The van der Waals surface area contributed by atoms with Crippen LogP contribution in [0.15, 0.2) is 47.0 Å². The minimum atomic E-state index is -0.879. The minimum absolute atomic E-state index is 0.382. The van der Waals surface area contributed by atoms with Gasteiger partial charge in [0.25, 0.3) is 0 Å². The first-order chi connectivity index (χ1) is 9.13. The number of halogens is 2. The number of rotatable bonds is 2. The van der Waals surface area contributed by atoms with Crippen molar-refractivity contribution in [3.05, 3.63) is 64.1 Å². The largest absolute Gasteiger partial charge is 0.458 e. The quantitative estimate of drug-likeness (QED) is 0.720. The van der Waals surface area contributed by atoms with Gasteiger partial charge >= 0.3 is 0 Å². The standard InChI is InChI=1S/C14H9Cl2NO2/c15-10-2-3-11-9(5-10)6-12(19-11)14(18)8-1-4-13(16)17-7-8/h1-7,14,18H. The predicted octanol–water partition coefficient (Wildman–Crippen LogP) is 4.22. The van der Waals surface area contributed by atoms with Gasteiger partial charge in [-0.05, 0) is 30.3 Å².